The molecule has 0 aromatic carbocycles. The summed E-state index contributed by atoms with van der Waals surface area (Å²) in [6, 6.07) is 3.43. The molecular weight excluding hydrogens is 314 g/mol. The summed E-state index contributed by atoms with van der Waals surface area (Å²) in [6.45, 7) is 9.38. The Morgan fingerprint density at radius 2 is 1.91 bits per heavy atom. The van der Waals surface area contributed by atoms with Crippen molar-refractivity contribution in [1.82, 2.24) is 4.72 Å². The van der Waals surface area contributed by atoms with Crippen LogP contribution in [0, 0.1) is 11.3 Å². The summed E-state index contributed by atoms with van der Waals surface area (Å²) < 4.78 is 39.2. The molecule has 2 heterocycles. The van der Waals surface area contributed by atoms with Crippen molar-refractivity contribution < 1.29 is 17.6 Å². The van der Waals surface area contributed by atoms with Crippen LogP contribution in [0.1, 0.15) is 58.1 Å². The molecule has 1 aromatic rings. The van der Waals surface area contributed by atoms with Gasteiger partial charge in [0.05, 0.1) is 11.8 Å². The minimum Gasteiger partial charge on any atom is -0.464 e. The lowest BCUT2D eigenvalue weighted by molar-refractivity contribution is 0.0722. The molecule has 0 aliphatic carbocycles. The molecule has 0 amide bonds. The zero-order valence-electron chi connectivity index (χ0n) is 14.6. The number of ether oxygens (including phenoxy) is 1. The van der Waals surface area contributed by atoms with E-state index in [4.69, 9.17) is 9.15 Å². The number of rotatable bonds is 6. The second kappa shape index (κ2) is 7.36. The zero-order chi connectivity index (χ0) is 17.1. The third-order valence-electron chi connectivity index (χ3n) is 4.27. The van der Waals surface area contributed by atoms with Crippen LogP contribution in [0.2, 0.25) is 0 Å². The molecule has 5 nitrogen and oxygen atoms in total. The van der Waals surface area contributed by atoms with Crippen molar-refractivity contribution in [3.8, 4) is 0 Å². The molecular formula is C17H29NO4S. The van der Waals surface area contributed by atoms with E-state index >= 15 is 0 Å². The van der Waals surface area contributed by atoms with Gasteiger partial charge in [-0.25, -0.2) is 13.1 Å². The third-order valence-corrected chi connectivity index (χ3v) is 5.78. The molecule has 0 bridgehead atoms. The van der Waals surface area contributed by atoms with E-state index in [1.165, 1.54) is 0 Å². The Bertz CT molecular complexity index is 594. The Morgan fingerprint density at radius 3 is 2.43 bits per heavy atom. The molecule has 23 heavy (non-hydrogen) atoms. The van der Waals surface area contributed by atoms with Gasteiger partial charge in [0.15, 0.2) is 0 Å². The highest BCUT2D eigenvalue weighted by Gasteiger charge is 2.33. The van der Waals surface area contributed by atoms with E-state index in [1.807, 2.05) is 39.8 Å². The van der Waals surface area contributed by atoms with Crippen LogP contribution in [-0.2, 0) is 21.2 Å². The summed E-state index contributed by atoms with van der Waals surface area (Å²) in [4.78, 5) is 0. The van der Waals surface area contributed by atoms with E-state index in [-0.39, 0.29) is 23.1 Å². The van der Waals surface area contributed by atoms with Gasteiger partial charge < -0.3 is 9.15 Å². The maximum absolute atomic E-state index is 12.6. The molecule has 1 aromatic heterocycles. The van der Waals surface area contributed by atoms with Crippen LogP contribution in [0.5, 0.6) is 0 Å². The number of aryl methyl sites for hydroxylation is 1. The Kier molecular flexibility index (Phi) is 5.92. The van der Waals surface area contributed by atoms with Gasteiger partial charge in [0.1, 0.15) is 11.5 Å². The second-order valence-electron chi connectivity index (χ2n) is 7.41. The molecule has 0 unspecified atom stereocenters. The highest BCUT2D eigenvalue weighted by molar-refractivity contribution is 7.89. The second-order valence-corrected chi connectivity index (χ2v) is 9.21. The maximum Gasteiger partial charge on any atom is 0.212 e. The summed E-state index contributed by atoms with van der Waals surface area (Å²) in [5.74, 6) is 1.89. The average Bonchev–Trinajstić information content (AvgIpc) is 2.93. The van der Waals surface area contributed by atoms with Gasteiger partial charge in [-0.15, -0.1) is 0 Å². The smallest absolute Gasteiger partial charge is 0.212 e. The standard InChI is InChI=1S/C17H29NO4S/c1-5-14-6-7-15(22-14)16(17(2,3)4)18-23(19,20)12-13-8-10-21-11-9-13/h6-7,13,16,18H,5,8-12H2,1-4H3/t16-/m1/s1. The topological polar surface area (TPSA) is 68.5 Å². The molecule has 1 saturated heterocycles. The number of furan rings is 1. The first kappa shape index (κ1) is 18.5. The SMILES string of the molecule is CCc1ccc([C@@H](NS(=O)(=O)CC2CCOCC2)C(C)(C)C)o1. The van der Waals surface area contributed by atoms with Gasteiger partial charge in [0.25, 0.3) is 0 Å². The minimum atomic E-state index is -3.37. The van der Waals surface area contributed by atoms with Crippen LogP contribution in [-0.4, -0.2) is 27.4 Å². The van der Waals surface area contributed by atoms with Crippen molar-refractivity contribution in [2.45, 2.75) is 53.0 Å². The maximum atomic E-state index is 12.6. The van der Waals surface area contributed by atoms with Crippen molar-refractivity contribution in [3.63, 3.8) is 0 Å². The third kappa shape index (κ3) is 5.33. The van der Waals surface area contributed by atoms with Gasteiger partial charge in [-0.05, 0) is 36.3 Å². The molecule has 132 valence electrons. The molecule has 1 aliphatic heterocycles. The fraction of sp³-hybridized carbons (Fsp3) is 0.765. The molecule has 0 spiro atoms. The first-order valence-corrected chi connectivity index (χ1v) is 10.0. The van der Waals surface area contributed by atoms with Crippen LogP contribution in [0.15, 0.2) is 16.5 Å². The summed E-state index contributed by atoms with van der Waals surface area (Å²) in [5.41, 5.74) is -0.272. The Morgan fingerprint density at radius 1 is 1.26 bits per heavy atom. The van der Waals surface area contributed by atoms with Crippen molar-refractivity contribution in [1.29, 1.82) is 0 Å². The van der Waals surface area contributed by atoms with Gasteiger partial charge in [-0.3, -0.25) is 0 Å². The van der Waals surface area contributed by atoms with Crippen LogP contribution < -0.4 is 4.72 Å². The Hall–Kier alpha value is -0.850. The van der Waals surface area contributed by atoms with Gasteiger partial charge in [0, 0.05) is 19.6 Å². The molecule has 1 atom stereocenters. The Balaban J connectivity index is 2.13. The fourth-order valence-corrected chi connectivity index (χ4v) is 4.73. The van der Waals surface area contributed by atoms with E-state index in [2.05, 4.69) is 4.72 Å². The largest absolute Gasteiger partial charge is 0.464 e. The number of hydrogen-bond donors (Lipinski definition) is 1. The first-order valence-electron chi connectivity index (χ1n) is 8.37. The molecule has 2 rings (SSSR count). The van der Waals surface area contributed by atoms with E-state index in [0.29, 0.717) is 19.0 Å². The van der Waals surface area contributed by atoms with Crippen molar-refractivity contribution in [3.05, 3.63) is 23.7 Å². The molecule has 6 heteroatoms. The van der Waals surface area contributed by atoms with Gasteiger partial charge in [0.2, 0.25) is 10.0 Å². The summed E-state index contributed by atoms with van der Waals surface area (Å²) >= 11 is 0. The lowest BCUT2D eigenvalue weighted by atomic mass is 9.86. The van der Waals surface area contributed by atoms with Crippen LogP contribution in [0.3, 0.4) is 0 Å². The quantitative estimate of drug-likeness (QED) is 0.861. The highest BCUT2D eigenvalue weighted by Crippen LogP contribution is 2.34. The molecule has 0 saturated carbocycles. The van der Waals surface area contributed by atoms with E-state index in [1.54, 1.807) is 0 Å². The number of sulfonamides is 1. The normalized spacial score (nSPS) is 19.0. The first-order chi connectivity index (χ1) is 10.7. The molecule has 1 aliphatic rings. The highest BCUT2D eigenvalue weighted by atomic mass is 32.2. The van der Waals surface area contributed by atoms with Gasteiger partial charge in [-0.2, -0.15) is 0 Å². The summed E-state index contributed by atoms with van der Waals surface area (Å²) in [5, 5.41) is 0. The Labute approximate surface area is 139 Å². The van der Waals surface area contributed by atoms with Crippen LogP contribution in [0.4, 0.5) is 0 Å². The molecule has 0 radical (unpaired) electrons. The number of nitrogens with one attached hydrogen (secondary N) is 1. The molecule has 1 N–H and O–H groups in total. The minimum absolute atomic E-state index is 0.157. The average molecular weight is 343 g/mol. The van der Waals surface area contributed by atoms with Crippen molar-refractivity contribution in [2.75, 3.05) is 19.0 Å². The fourth-order valence-electron chi connectivity index (χ4n) is 2.85. The van der Waals surface area contributed by atoms with Gasteiger partial charge >= 0.3 is 0 Å². The van der Waals surface area contributed by atoms with E-state index in [9.17, 15) is 8.42 Å². The van der Waals surface area contributed by atoms with Crippen molar-refractivity contribution >= 4 is 10.0 Å². The summed E-state index contributed by atoms with van der Waals surface area (Å²) in [6.07, 6.45) is 2.41. The lowest BCUT2D eigenvalue weighted by Gasteiger charge is -2.30. The van der Waals surface area contributed by atoms with Crippen LogP contribution in [0.25, 0.3) is 0 Å². The van der Waals surface area contributed by atoms with Crippen molar-refractivity contribution in [2.24, 2.45) is 11.3 Å². The van der Waals surface area contributed by atoms with Crippen LogP contribution >= 0.6 is 0 Å². The molecule has 1 fully saturated rings. The zero-order valence-corrected chi connectivity index (χ0v) is 15.4. The monoisotopic (exact) mass is 343 g/mol. The van der Waals surface area contributed by atoms with E-state index < -0.39 is 10.0 Å². The predicted octanol–water partition coefficient (Wildman–Crippen LogP) is 3.28. The van der Waals surface area contributed by atoms with Gasteiger partial charge in [-0.1, -0.05) is 27.7 Å². The lowest BCUT2D eigenvalue weighted by Crippen LogP contribution is -2.39. The number of hydrogen-bond acceptors (Lipinski definition) is 4. The summed E-state index contributed by atoms with van der Waals surface area (Å²) in [7, 11) is -3.37. The predicted molar refractivity (Wildman–Crippen MR) is 90.7 cm³/mol. The van der Waals surface area contributed by atoms with E-state index in [0.717, 1.165) is 25.0 Å².